The molecule has 0 spiro atoms. The number of hydrogen-bond acceptors (Lipinski definition) is 4. The van der Waals surface area contributed by atoms with Gasteiger partial charge in [0.15, 0.2) is 0 Å². The summed E-state index contributed by atoms with van der Waals surface area (Å²) in [6.07, 6.45) is 0. The average molecular weight is 516 g/mol. The van der Waals surface area contributed by atoms with E-state index in [2.05, 4.69) is 4.90 Å². The zero-order valence-electron chi connectivity index (χ0n) is 19.4. The Labute approximate surface area is 210 Å². The summed E-state index contributed by atoms with van der Waals surface area (Å²) in [6, 6.07) is 19.8. The molecule has 3 aromatic carbocycles. The highest BCUT2D eigenvalue weighted by Crippen LogP contribution is 2.22. The van der Waals surface area contributed by atoms with E-state index in [-0.39, 0.29) is 29.7 Å². The van der Waals surface area contributed by atoms with Gasteiger partial charge in [-0.15, -0.1) is 0 Å². The van der Waals surface area contributed by atoms with Crippen molar-refractivity contribution in [1.29, 1.82) is 0 Å². The molecule has 35 heavy (non-hydrogen) atoms. The quantitative estimate of drug-likeness (QED) is 0.470. The molecule has 184 valence electrons. The molecule has 0 radical (unpaired) electrons. The molecule has 0 aromatic heterocycles. The number of halogens is 2. The summed E-state index contributed by atoms with van der Waals surface area (Å²) in [5, 5.41) is 0.434. The van der Waals surface area contributed by atoms with Crippen molar-refractivity contribution in [2.24, 2.45) is 0 Å². The molecule has 0 saturated carbocycles. The van der Waals surface area contributed by atoms with Crippen LogP contribution in [0.15, 0.2) is 77.7 Å². The van der Waals surface area contributed by atoms with E-state index in [0.29, 0.717) is 31.2 Å². The number of anilines is 1. The van der Waals surface area contributed by atoms with Crippen LogP contribution in [-0.4, -0.2) is 56.3 Å². The summed E-state index contributed by atoms with van der Waals surface area (Å²) in [5.74, 6) is -0.550. The second kappa shape index (κ2) is 10.8. The van der Waals surface area contributed by atoms with E-state index in [0.717, 1.165) is 16.8 Å². The number of benzene rings is 3. The molecular formula is C26H27ClFN3O3S. The lowest BCUT2D eigenvalue weighted by Crippen LogP contribution is -2.51. The van der Waals surface area contributed by atoms with Crippen molar-refractivity contribution >= 4 is 33.2 Å². The first-order valence-corrected chi connectivity index (χ1v) is 13.1. The number of carbonyl (C=O) groups is 1. The Morgan fingerprint density at radius 1 is 0.914 bits per heavy atom. The van der Waals surface area contributed by atoms with Crippen molar-refractivity contribution in [3.8, 4) is 0 Å². The van der Waals surface area contributed by atoms with Crippen LogP contribution in [0.5, 0.6) is 0 Å². The molecular weight excluding hydrogens is 489 g/mol. The molecule has 3 aromatic rings. The third-order valence-corrected chi connectivity index (χ3v) is 8.12. The molecule has 0 atom stereocenters. The van der Waals surface area contributed by atoms with Crippen LogP contribution in [-0.2, 0) is 21.4 Å². The highest BCUT2D eigenvalue weighted by Gasteiger charge is 2.30. The van der Waals surface area contributed by atoms with Gasteiger partial charge in [-0.05, 0) is 61.0 Å². The van der Waals surface area contributed by atoms with Crippen LogP contribution >= 0.6 is 11.6 Å². The van der Waals surface area contributed by atoms with Crippen LogP contribution in [0.2, 0.25) is 5.02 Å². The van der Waals surface area contributed by atoms with Crippen LogP contribution in [0.3, 0.4) is 0 Å². The van der Waals surface area contributed by atoms with E-state index >= 15 is 0 Å². The minimum absolute atomic E-state index is 0.0759. The van der Waals surface area contributed by atoms with Crippen LogP contribution in [0.25, 0.3) is 0 Å². The number of amides is 1. The Bertz CT molecular complexity index is 1260. The second-order valence-electron chi connectivity index (χ2n) is 8.56. The molecule has 0 aliphatic carbocycles. The number of aryl methyl sites for hydroxylation is 1. The summed E-state index contributed by atoms with van der Waals surface area (Å²) in [4.78, 5) is 17.1. The van der Waals surface area contributed by atoms with Gasteiger partial charge in [0.2, 0.25) is 15.9 Å². The lowest BCUT2D eigenvalue weighted by molar-refractivity contribution is -0.131. The van der Waals surface area contributed by atoms with Crippen molar-refractivity contribution in [3.05, 3.63) is 94.8 Å². The lowest BCUT2D eigenvalue weighted by atomic mass is 10.1. The first-order valence-electron chi connectivity index (χ1n) is 11.3. The van der Waals surface area contributed by atoms with E-state index < -0.39 is 10.0 Å². The summed E-state index contributed by atoms with van der Waals surface area (Å²) in [7, 11) is -3.94. The van der Waals surface area contributed by atoms with Gasteiger partial charge < -0.3 is 9.80 Å². The first kappa shape index (κ1) is 25.2. The molecule has 9 heteroatoms. The Balaban J connectivity index is 1.49. The Kier molecular flexibility index (Phi) is 7.74. The van der Waals surface area contributed by atoms with Gasteiger partial charge in [-0.2, -0.15) is 4.31 Å². The number of carbonyl (C=O) groups excluding carboxylic acids is 1. The Hall–Kier alpha value is -2.94. The fraction of sp³-hybridized carbons (Fsp3) is 0.269. The zero-order valence-corrected chi connectivity index (χ0v) is 21.0. The van der Waals surface area contributed by atoms with Gasteiger partial charge >= 0.3 is 0 Å². The lowest BCUT2D eigenvalue weighted by Gasteiger charge is -2.37. The maximum absolute atomic E-state index is 13.5. The highest BCUT2D eigenvalue weighted by atomic mass is 35.5. The van der Waals surface area contributed by atoms with Gasteiger partial charge in [0, 0.05) is 43.4 Å². The molecule has 0 N–H and O–H groups in total. The molecule has 6 nitrogen and oxygen atoms in total. The monoisotopic (exact) mass is 515 g/mol. The summed E-state index contributed by atoms with van der Waals surface area (Å²) in [5.41, 5.74) is 2.75. The van der Waals surface area contributed by atoms with E-state index in [1.165, 1.54) is 40.7 Å². The second-order valence-corrected chi connectivity index (χ2v) is 10.9. The number of nitrogens with zero attached hydrogens (tertiary/aromatic N) is 3. The fourth-order valence-electron chi connectivity index (χ4n) is 4.00. The van der Waals surface area contributed by atoms with Crippen molar-refractivity contribution in [1.82, 2.24) is 9.21 Å². The molecule has 1 fully saturated rings. The predicted octanol–water partition coefficient (Wildman–Crippen LogP) is 4.33. The Morgan fingerprint density at radius 3 is 2.11 bits per heavy atom. The van der Waals surface area contributed by atoms with Gasteiger partial charge in [0.25, 0.3) is 0 Å². The zero-order chi connectivity index (χ0) is 25.0. The predicted molar refractivity (Wildman–Crippen MR) is 135 cm³/mol. The van der Waals surface area contributed by atoms with Gasteiger partial charge in [-0.3, -0.25) is 4.79 Å². The van der Waals surface area contributed by atoms with E-state index in [1.54, 1.807) is 17.0 Å². The van der Waals surface area contributed by atoms with Gasteiger partial charge in [0.05, 0.1) is 11.4 Å². The molecule has 0 bridgehead atoms. The fourth-order valence-corrected chi connectivity index (χ4v) is 5.50. The summed E-state index contributed by atoms with van der Waals surface area (Å²) >= 11 is 5.94. The minimum atomic E-state index is -3.94. The third-order valence-electron chi connectivity index (χ3n) is 6.07. The third kappa shape index (κ3) is 6.20. The van der Waals surface area contributed by atoms with Gasteiger partial charge in [-0.25, -0.2) is 12.8 Å². The molecule has 1 amide bonds. The number of rotatable bonds is 7. The van der Waals surface area contributed by atoms with Crippen LogP contribution in [0, 0.1) is 12.7 Å². The molecule has 1 aliphatic rings. The molecule has 4 rings (SSSR count). The summed E-state index contributed by atoms with van der Waals surface area (Å²) in [6.45, 7) is 3.84. The molecule has 1 heterocycles. The smallest absolute Gasteiger partial charge is 0.243 e. The average Bonchev–Trinajstić information content (AvgIpc) is 2.86. The van der Waals surface area contributed by atoms with Crippen LogP contribution < -0.4 is 4.90 Å². The SMILES string of the molecule is Cc1ccc(CN(CC(=O)N2CCN(c3ccc(F)cc3)CC2)S(=O)(=O)c2ccc(Cl)cc2)cc1. The van der Waals surface area contributed by atoms with Crippen molar-refractivity contribution in [3.63, 3.8) is 0 Å². The van der Waals surface area contributed by atoms with Gasteiger partial charge in [0.1, 0.15) is 5.82 Å². The van der Waals surface area contributed by atoms with Crippen molar-refractivity contribution in [2.45, 2.75) is 18.4 Å². The van der Waals surface area contributed by atoms with Crippen LogP contribution in [0.4, 0.5) is 10.1 Å². The largest absolute Gasteiger partial charge is 0.368 e. The van der Waals surface area contributed by atoms with E-state index in [4.69, 9.17) is 11.6 Å². The molecule has 0 unspecified atom stereocenters. The highest BCUT2D eigenvalue weighted by molar-refractivity contribution is 7.89. The first-order chi connectivity index (χ1) is 16.7. The minimum Gasteiger partial charge on any atom is -0.368 e. The number of sulfonamides is 1. The maximum atomic E-state index is 13.5. The van der Waals surface area contributed by atoms with E-state index in [1.807, 2.05) is 31.2 Å². The maximum Gasteiger partial charge on any atom is 0.243 e. The standard InChI is InChI=1S/C26H27ClFN3O3S/c1-20-2-4-21(5-3-20)18-31(35(33,34)25-12-6-22(27)7-13-25)19-26(32)30-16-14-29(15-17-30)24-10-8-23(28)9-11-24/h2-13H,14-19H2,1H3. The van der Waals surface area contributed by atoms with Crippen molar-refractivity contribution < 1.29 is 17.6 Å². The normalized spacial score (nSPS) is 14.4. The Morgan fingerprint density at radius 2 is 1.51 bits per heavy atom. The molecule has 1 saturated heterocycles. The van der Waals surface area contributed by atoms with Crippen molar-refractivity contribution in [2.75, 3.05) is 37.6 Å². The van der Waals surface area contributed by atoms with Crippen LogP contribution in [0.1, 0.15) is 11.1 Å². The number of piperazine rings is 1. The topological polar surface area (TPSA) is 60.9 Å². The van der Waals surface area contributed by atoms with Gasteiger partial charge in [-0.1, -0.05) is 41.4 Å². The number of hydrogen-bond donors (Lipinski definition) is 0. The van der Waals surface area contributed by atoms with E-state index in [9.17, 15) is 17.6 Å². The summed E-state index contributed by atoms with van der Waals surface area (Å²) < 4.78 is 41.4. The molecule has 1 aliphatic heterocycles.